The molecule has 1 atom stereocenters. The van der Waals surface area contributed by atoms with Crippen LogP contribution in [0.4, 0.5) is 0 Å². The van der Waals surface area contributed by atoms with Crippen molar-refractivity contribution in [2.24, 2.45) is 0 Å². The Kier molecular flexibility index (Phi) is 68.6. The molecule has 0 amide bonds. The number of allylic oxidation sites excluding steroid dienone is 12. The van der Waals surface area contributed by atoms with E-state index < -0.39 is 6.10 Å². The van der Waals surface area contributed by atoms with Crippen LogP contribution in [0.5, 0.6) is 0 Å². The smallest absolute Gasteiger partial charge is 0.306 e. The van der Waals surface area contributed by atoms with Crippen LogP contribution in [0.25, 0.3) is 0 Å². The van der Waals surface area contributed by atoms with Crippen molar-refractivity contribution in [2.45, 2.75) is 386 Å². The molecular formula is C77H138O6. The Labute approximate surface area is 516 Å². The molecule has 1 unspecified atom stereocenters. The zero-order valence-electron chi connectivity index (χ0n) is 55.5. The van der Waals surface area contributed by atoms with Crippen molar-refractivity contribution >= 4 is 17.9 Å². The molecule has 6 heteroatoms. The molecule has 6 nitrogen and oxygen atoms in total. The van der Waals surface area contributed by atoms with Gasteiger partial charge in [0.25, 0.3) is 0 Å². The normalized spacial score (nSPS) is 12.5. The number of carbonyl (C=O) groups is 3. The first-order valence-electron chi connectivity index (χ1n) is 36.4. The second kappa shape index (κ2) is 71.3. The molecule has 0 radical (unpaired) electrons. The Hall–Kier alpha value is -3.15. The lowest BCUT2D eigenvalue weighted by molar-refractivity contribution is -0.167. The van der Waals surface area contributed by atoms with E-state index in [1.54, 1.807) is 0 Å². The number of hydrogen-bond donors (Lipinski definition) is 0. The molecule has 0 N–H and O–H groups in total. The summed E-state index contributed by atoms with van der Waals surface area (Å²) in [7, 11) is 0. The molecule has 0 rings (SSSR count). The average molecular weight is 1160 g/mol. The summed E-state index contributed by atoms with van der Waals surface area (Å²) in [5.41, 5.74) is 0. The largest absolute Gasteiger partial charge is 0.462 e. The summed E-state index contributed by atoms with van der Waals surface area (Å²) in [4.78, 5) is 38.5. The fourth-order valence-electron chi connectivity index (χ4n) is 10.7. The molecule has 0 aliphatic carbocycles. The van der Waals surface area contributed by atoms with E-state index in [4.69, 9.17) is 14.2 Å². The number of esters is 3. The van der Waals surface area contributed by atoms with E-state index >= 15 is 0 Å². The molecule has 0 fully saturated rings. The minimum Gasteiger partial charge on any atom is -0.462 e. The van der Waals surface area contributed by atoms with E-state index in [1.807, 2.05) is 0 Å². The van der Waals surface area contributed by atoms with Crippen molar-refractivity contribution in [1.82, 2.24) is 0 Å². The van der Waals surface area contributed by atoms with Crippen LogP contribution in [0.15, 0.2) is 72.9 Å². The molecule has 0 aliphatic heterocycles. The van der Waals surface area contributed by atoms with Crippen molar-refractivity contribution in [3.8, 4) is 0 Å². The fraction of sp³-hybridized carbons (Fsp3) is 0.805. The number of carbonyl (C=O) groups excluding carboxylic acids is 3. The van der Waals surface area contributed by atoms with Crippen LogP contribution in [0.1, 0.15) is 380 Å². The lowest BCUT2D eigenvalue weighted by atomic mass is 10.0. The molecule has 0 aromatic rings. The van der Waals surface area contributed by atoms with Crippen molar-refractivity contribution in [3.05, 3.63) is 72.9 Å². The van der Waals surface area contributed by atoms with Crippen LogP contribution < -0.4 is 0 Å². The summed E-state index contributed by atoms with van der Waals surface area (Å²) in [6.45, 7) is 6.65. The second-order valence-electron chi connectivity index (χ2n) is 24.5. The molecule has 0 saturated heterocycles. The Balaban J connectivity index is 4.25. The first kappa shape index (κ1) is 79.8. The van der Waals surface area contributed by atoms with Crippen molar-refractivity contribution in [2.75, 3.05) is 13.2 Å². The lowest BCUT2D eigenvalue weighted by Crippen LogP contribution is -2.30. The highest BCUT2D eigenvalue weighted by Crippen LogP contribution is 2.17. The maximum absolute atomic E-state index is 12.9. The van der Waals surface area contributed by atoms with Gasteiger partial charge >= 0.3 is 17.9 Å². The zero-order chi connectivity index (χ0) is 59.9. The van der Waals surface area contributed by atoms with Crippen LogP contribution in [0.3, 0.4) is 0 Å². The van der Waals surface area contributed by atoms with Crippen LogP contribution in [-0.2, 0) is 28.6 Å². The summed E-state index contributed by atoms with van der Waals surface area (Å²) >= 11 is 0. The van der Waals surface area contributed by atoms with Gasteiger partial charge in [-0.1, -0.05) is 318 Å². The van der Waals surface area contributed by atoms with Gasteiger partial charge in [-0.05, 0) is 116 Å². The summed E-state index contributed by atoms with van der Waals surface area (Å²) in [6, 6.07) is 0. The Morgan fingerprint density at radius 3 is 0.699 bits per heavy atom. The second-order valence-corrected chi connectivity index (χ2v) is 24.5. The molecule has 482 valence electrons. The van der Waals surface area contributed by atoms with Gasteiger partial charge in [-0.2, -0.15) is 0 Å². The van der Waals surface area contributed by atoms with E-state index in [9.17, 15) is 14.4 Å². The first-order valence-corrected chi connectivity index (χ1v) is 36.4. The van der Waals surface area contributed by atoms with Gasteiger partial charge in [0, 0.05) is 19.3 Å². The van der Waals surface area contributed by atoms with Gasteiger partial charge < -0.3 is 14.2 Å². The van der Waals surface area contributed by atoms with E-state index in [0.29, 0.717) is 19.3 Å². The highest BCUT2D eigenvalue weighted by Gasteiger charge is 2.19. The summed E-state index contributed by atoms with van der Waals surface area (Å²) < 4.78 is 17.0. The van der Waals surface area contributed by atoms with Gasteiger partial charge in [-0.25, -0.2) is 0 Å². The van der Waals surface area contributed by atoms with E-state index in [-0.39, 0.29) is 31.1 Å². The van der Waals surface area contributed by atoms with Gasteiger partial charge in [0.05, 0.1) is 0 Å². The van der Waals surface area contributed by atoms with E-state index in [0.717, 1.165) is 89.9 Å². The molecule has 0 aromatic heterocycles. The topological polar surface area (TPSA) is 78.9 Å². The Morgan fingerprint density at radius 2 is 0.434 bits per heavy atom. The molecule has 0 spiro atoms. The number of ether oxygens (including phenoxy) is 3. The maximum atomic E-state index is 12.9. The first-order chi connectivity index (χ1) is 41.0. The average Bonchev–Trinajstić information content (AvgIpc) is 3.50. The molecule has 0 aromatic carbocycles. The summed E-state index contributed by atoms with van der Waals surface area (Å²) in [5.74, 6) is -0.873. The third-order valence-corrected chi connectivity index (χ3v) is 16.2. The monoisotopic (exact) mass is 1160 g/mol. The van der Waals surface area contributed by atoms with Gasteiger partial charge in [0.1, 0.15) is 13.2 Å². The van der Waals surface area contributed by atoms with Gasteiger partial charge in [-0.15, -0.1) is 0 Å². The summed E-state index contributed by atoms with van der Waals surface area (Å²) in [5, 5.41) is 0. The lowest BCUT2D eigenvalue weighted by Gasteiger charge is -2.18. The third-order valence-electron chi connectivity index (χ3n) is 16.2. The molecule has 0 saturated carbocycles. The quantitative estimate of drug-likeness (QED) is 0.0261. The third kappa shape index (κ3) is 69.5. The van der Waals surface area contributed by atoms with Crippen molar-refractivity contribution in [3.63, 3.8) is 0 Å². The summed E-state index contributed by atoms with van der Waals surface area (Å²) in [6.07, 6.45) is 93.6. The molecule has 0 aliphatic rings. The highest BCUT2D eigenvalue weighted by molar-refractivity contribution is 5.71. The zero-order valence-corrected chi connectivity index (χ0v) is 55.5. The van der Waals surface area contributed by atoms with Crippen molar-refractivity contribution < 1.29 is 28.6 Å². The Bertz CT molecular complexity index is 1520. The SMILES string of the molecule is CCCCCC/C=C\C/C=C\CCCCCCCCCC(=O)OC(COC(=O)CCCCCCC/C=C\CCCCCCCCC)COC(=O)CCCCCCCCCCCCCCCCCC/C=C\C/C=C\C/C=C\CCCCCCC. The number of rotatable bonds is 67. The van der Waals surface area contributed by atoms with Gasteiger partial charge in [0.2, 0.25) is 0 Å². The van der Waals surface area contributed by atoms with Crippen LogP contribution in [0.2, 0.25) is 0 Å². The molecule has 83 heavy (non-hydrogen) atoms. The van der Waals surface area contributed by atoms with E-state index in [2.05, 4.69) is 93.7 Å². The standard InChI is InChI=1S/C77H138O6/c1-4-7-10-13-16-19-22-25-28-31-33-34-35-36-37-38-39-40-41-42-43-44-45-47-49-52-55-58-61-64-67-70-76(79)82-73-74(72-81-75(78)69-66-63-60-57-54-51-48-30-27-24-21-18-15-12-9-6-3)83-77(80)71-68-65-62-59-56-53-50-46-32-29-26-23-20-17-14-11-8-5-2/h20,22-23,25,29-33,35-36,48,74H,4-19,21,24,26-28,34,37-47,49-73H2,1-3H3/b23-20-,25-22-,32-29-,33-31-,36-35-,48-30-. The van der Waals surface area contributed by atoms with Crippen LogP contribution in [-0.4, -0.2) is 37.2 Å². The number of hydrogen-bond acceptors (Lipinski definition) is 6. The molecule has 0 bridgehead atoms. The number of unbranched alkanes of at least 4 members (excludes halogenated alkanes) is 44. The highest BCUT2D eigenvalue weighted by atomic mass is 16.6. The van der Waals surface area contributed by atoms with Crippen LogP contribution >= 0.6 is 0 Å². The minimum atomic E-state index is -0.784. The predicted molar refractivity (Wildman–Crippen MR) is 362 cm³/mol. The fourth-order valence-corrected chi connectivity index (χ4v) is 10.7. The van der Waals surface area contributed by atoms with Crippen molar-refractivity contribution in [1.29, 1.82) is 0 Å². The minimum absolute atomic E-state index is 0.0782. The van der Waals surface area contributed by atoms with Gasteiger partial charge in [0.15, 0.2) is 6.10 Å². The van der Waals surface area contributed by atoms with Gasteiger partial charge in [-0.3, -0.25) is 14.4 Å². The Morgan fingerprint density at radius 1 is 0.241 bits per heavy atom. The van der Waals surface area contributed by atoms with E-state index in [1.165, 1.54) is 250 Å². The van der Waals surface area contributed by atoms with Crippen LogP contribution in [0, 0.1) is 0 Å². The molecule has 0 heterocycles. The predicted octanol–water partition coefficient (Wildman–Crippen LogP) is 25.2. The maximum Gasteiger partial charge on any atom is 0.306 e. The molecular weight excluding hydrogens is 1020 g/mol.